The fourth-order valence-corrected chi connectivity index (χ4v) is 5.51. The molecule has 2 aliphatic heterocycles. The van der Waals surface area contributed by atoms with Crippen molar-refractivity contribution in [2.45, 2.75) is 39.3 Å². The number of anilines is 3. The number of hydrogen-bond donors (Lipinski definition) is 0. The van der Waals surface area contributed by atoms with Crippen molar-refractivity contribution in [1.82, 2.24) is 0 Å². The van der Waals surface area contributed by atoms with Gasteiger partial charge in [0, 0.05) is 44.6 Å². The zero-order valence-electron chi connectivity index (χ0n) is 23.5. The lowest BCUT2D eigenvalue weighted by Gasteiger charge is -2.28. The van der Waals surface area contributed by atoms with Gasteiger partial charge >= 0.3 is 0 Å². The van der Waals surface area contributed by atoms with Gasteiger partial charge < -0.3 is 23.8 Å². The summed E-state index contributed by atoms with van der Waals surface area (Å²) in [4.78, 5) is 2.30. The molecule has 0 N–H and O–H groups in total. The van der Waals surface area contributed by atoms with Crippen LogP contribution in [0.1, 0.15) is 27.7 Å². The van der Waals surface area contributed by atoms with Crippen molar-refractivity contribution in [3.63, 3.8) is 0 Å². The molecule has 0 radical (unpaired) electrons. The standard InChI is InChI=1S/C36H31NO4/c1-35(2)38-31-19-16-25(22-33(31)40-35)24-15-18-29(26-17-20-32-34(23-26)41-36(3,4)39-32)30(21-24)37(27-11-7-5-8-12-27)28-13-9-6-10-14-28/h5-23H,1-4H3. The van der Waals surface area contributed by atoms with E-state index in [4.69, 9.17) is 18.9 Å². The van der Waals surface area contributed by atoms with Crippen LogP contribution in [0.3, 0.4) is 0 Å². The molecule has 0 amide bonds. The maximum atomic E-state index is 6.12. The first-order valence-corrected chi connectivity index (χ1v) is 13.8. The van der Waals surface area contributed by atoms with Gasteiger partial charge in [-0.3, -0.25) is 0 Å². The number of benzene rings is 5. The second kappa shape index (κ2) is 9.34. The highest BCUT2D eigenvalue weighted by Crippen LogP contribution is 2.47. The van der Waals surface area contributed by atoms with Gasteiger partial charge in [0.1, 0.15) is 0 Å². The molecule has 5 aromatic carbocycles. The Balaban J connectivity index is 1.42. The summed E-state index contributed by atoms with van der Waals surface area (Å²) in [5.74, 6) is 1.63. The Kier molecular flexibility index (Phi) is 5.72. The molecule has 5 heteroatoms. The predicted molar refractivity (Wildman–Crippen MR) is 163 cm³/mol. The summed E-state index contributed by atoms with van der Waals surface area (Å²) in [6.07, 6.45) is 0. The van der Waals surface area contributed by atoms with Crippen LogP contribution in [0, 0.1) is 0 Å². The number of ether oxygens (including phenoxy) is 4. The fraction of sp³-hybridized carbons (Fsp3) is 0.167. The van der Waals surface area contributed by atoms with Crippen molar-refractivity contribution in [2.24, 2.45) is 0 Å². The van der Waals surface area contributed by atoms with E-state index in [1.807, 2.05) is 52.0 Å². The number of fused-ring (bicyclic) bond motifs is 2. The lowest BCUT2D eigenvalue weighted by molar-refractivity contribution is -0.0437. The van der Waals surface area contributed by atoms with Crippen molar-refractivity contribution >= 4 is 17.1 Å². The second-order valence-corrected chi connectivity index (χ2v) is 11.3. The van der Waals surface area contributed by atoms with Crippen molar-refractivity contribution < 1.29 is 18.9 Å². The van der Waals surface area contributed by atoms with Crippen LogP contribution in [0.2, 0.25) is 0 Å². The second-order valence-electron chi connectivity index (χ2n) is 11.3. The van der Waals surface area contributed by atoms with E-state index >= 15 is 0 Å². The van der Waals surface area contributed by atoms with Crippen molar-refractivity contribution in [3.05, 3.63) is 115 Å². The minimum atomic E-state index is -0.693. The molecule has 0 atom stereocenters. The molecule has 0 spiro atoms. The van der Waals surface area contributed by atoms with E-state index < -0.39 is 11.6 Å². The SMILES string of the molecule is CC1(C)Oc2ccc(-c3ccc(-c4ccc5c(c4)OC(C)(C)O5)c(N(c4ccccc4)c4ccccc4)c3)cc2O1. The number of nitrogens with zero attached hydrogens (tertiary/aromatic N) is 1. The molecule has 204 valence electrons. The van der Waals surface area contributed by atoms with E-state index in [2.05, 4.69) is 95.9 Å². The lowest BCUT2D eigenvalue weighted by atomic mass is 9.96. The Bertz CT molecular complexity index is 1710. The normalized spacial score (nSPS) is 15.5. The van der Waals surface area contributed by atoms with Crippen LogP contribution in [0.4, 0.5) is 17.1 Å². The highest BCUT2D eigenvalue weighted by atomic mass is 16.7. The van der Waals surface area contributed by atoms with E-state index in [-0.39, 0.29) is 0 Å². The Morgan fingerprint density at radius 1 is 0.439 bits per heavy atom. The van der Waals surface area contributed by atoms with Crippen LogP contribution in [-0.4, -0.2) is 11.6 Å². The summed E-state index contributed by atoms with van der Waals surface area (Å²) in [7, 11) is 0. The van der Waals surface area contributed by atoms with Crippen LogP contribution < -0.4 is 23.8 Å². The quantitative estimate of drug-likeness (QED) is 0.222. The summed E-state index contributed by atoms with van der Waals surface area (Å²) in [6.45, 7) is 7.69. The molecule has 0 bridgehead atoms. The first-order valence-electron chi connectivity index (χ1n) is 13.8. The molecule has 41 heavy (non-hydrogen) atoms. The van der Waals surface area contributed by atoms with E-state index in [1.165, 1.54) is 0 Å². The third-order valence-electron chi connectivity index (χ3n) is 7.22. The summed E-state index contributed by atoms with van der Waals surface area (Å²) < 4.78 is 24.1. The topological polar surface area (TPSA) is 40.2 Å². The maximum Gasteiger partial charge on any atom is 0.246 e. The number of rotatable bonds is 5. The molecule has 5 nitrogen and oxygen atoms in total. The molecule has 2 heterocycles. The van der Waals surface area contributed by atoms with Crippen LogP contribution in [0.15, 0.2) is 115 Å². The van der Waals surface area contributed by atoms with E-state index in [1.54, 1.807) is 0 Å². The van der Waals surface area contributed by atoms with Crippen LogP contribution in [0.5, 0.6) is 23.0 Å². The summed E-state index contributed by atoms with van der Waals surface area (Å²) in [5.41, 5.74) is 7.38. The van der Waals surface area contributed by atoms with Gasteiger partial charge in [-0.15, -0.1) is 0 Å². The van der Waals surface area contributed by atoms with Gasteiger partial charge in [0.15, 0.2) is 23.0 Å². The van der Waals surface area contributed by atoms with Gasteiger partial charge in [-0.1, -0.05) is 60.7 Å². The molecule has 0 saturated heterocycles. The molecule has 0 unspecified atom stereocenters. The molecular weight excluding hydrogens is 510 g/mol. The van der Waals surface area contributed by atoms with Gasteiger partial charge in [-0.25, -0.2) is 0 Å². The van der Waals surface area contributed by atoms with Crippen LogP contribution in [0.25, 0.3) is 22.3 Å². The molecule has 0 aliphatic carbocycles. The Morgan fingerprint density at radius 2 is 0.878 bits per heavy atom. The Hall–Kier alpha value is -4.90. The molecule has 0 fully saturated rings. The molecule has 7 rings (SSSR count). The Morgan fingerprint density at radius 3 is 1.44 bits per heavy atom. The zero-order chi connectivity index (χ0) is 28.2. The largest absolute Gasteiger partial charge is 0.449 e. The summed E-state index contributed by atoms with van der Waals surface area (Å²) in [6, 6.07) is 39.7. The first-order chi connectivity index (χ1) is 19.7. The van der Waals surface area contributed by atoms with Crippen LogP contribution in [-0.2, 0) is 0 Å². The van der Waals surface area contributed by atoms with Gasteiger partial charge in [0.25, 0.3) is 0 Å². The molecule has 0 saturated carbocycles. The zero-order valence-corrected chi connectivity index (χ0v) is 23.5. The minimum absolute atomic E-state index is 0.679. The number of para-hydroxylation sites is 2. The smallest absolute Gasteiger partial charge is 0.246 e. The van der Waals surface area contributed by atoms with Gasteiger partial charge in [-0.05, 0) is 71.3 Å². The van der Waals surface area contributed by atoms with Gasteiger partial charge in [0.05, 0.1) is 5.69 Å². The maximum absolute atomic E-state index is 6.12. The van der Waals surface area contributed by atoms with Crippen molar-refractivity contribution in [2.75, 3.05) is 4.90 Å². The highest BCUT2D eigenvalue weighted by Gasteiger charge is 2.33. The molecule has 0 aromatic heterocycles. The molecule has 5 aromatic rings. The number of hydrogen-bond acceptors (Lipinski definition) is 5. The third-order valence-corrected chi connectivity index (χ3v) is 7.22. The van der Waals surface area contributed by atoms with E-state index in [0.717, 1.165) is 62.3 Å². The van der Waals surface area contributed by atoms with Gasteiger partial charge in [0.2, 0.25) is 11.6 Å². The highest BCUT2D eigenvalue weighted by molar-refractivity contribution is 5.91. The van der Waals surface area contributed by atoms with Crippen LogP contribution >= 0.6 is 0 Å². The predicted octanol–water partition coefficient (Wildman–Crippen LogP) is 9.50. The Labute approximate surface area is 240 Å². The minimum Gasteiger partial charge on any atom is -0.449 e. The molecule has 2 aliphatic rings. The van der Waals surface area contributed by atoms with Crippen molar-refractivity contribution in [3.8, 4) is 45.3 Å². The average molecular weight is 542 g/mol. The van der Waals surface area contributed by atoms with Gasteiger partial charge in [-0.2, -0.15) is 0 Å². The fourth-order valence-electron chi connectivity index (χ4n) is 5.51. The lowest BCUT2D eigenvalue weighted by Crippen LogP contribution is -2.29. The first kappa shape index (κ1) is 25.1. The van der Waals surface area contributed by atoms with E-state index in [0.29, 0.717) is 0 Å². The van der Waals surface area contributed by atoms with E-state index in [9.17, 15) is 0 Å². The van der Waals surface area contributed by atoms with Crippen molar-refractivity contribution in [1.29, 1.82) is 0 Å². The summed E-state index contributed by atoms with van der Waals surface area (Å²) >= 11 is 0. The average Bonchev–Trinajstić information content (AvgIpc) is 3.45. The monoisotopic (exact) mass is 541 g/mol. The summed E-state index contributed by atoms with van der Waals surface area (Å²) in [5, 5.41) is 0. The third kappa shape index (κ3) is 4.74. The molecular formula is C36H31NO4.